The van der Waals surface area contributed by atoms with Crippen molar-refractivity contribution < 1.29 is 4.79 Å². The van der Waals surface area contributed by atoms with E-state index in [1.54, 1.807) is 6.07 Å². The Morgan fingerprint density at radius 2 is 1.51 bits per heavy atom. The molecule has 2 N–H and O–H groups in total. The molecule has 0 unspecified atom stereocenters. The molecule has 10 heteroatoms. The van der Waals surface area contributed by atoms with Gasteiger partial charge in [0.1, 0.15) is 13.7 Å². The van der Waals surface area contributed by atoms with Crippen molar-refractivity contribution in [2.24, 2.45) is 5.92 Å². The van der Waals surface area contributed by atoms with Crippen LogP contribution in [0.25, 0.3) is 11.0 Å². The minimum atomic E-state index is -2.04. The van der Waals surface area contributed by atoms with Crippen molar-refractivity contribution >= 4 is 42.3 Å². The molecule has 49 heavy (non-hydrogen) atoms. The fourth-order valence-electron chi connectivity index (χ4n) is 8.04. The van der Waals surface area contributed by atoms with Gasteiger partial charge in [0.25, 0.3) is 5.56 Å². The molecule has 9 nitrogen and oxygen atoms in total. The number of likely N-dealkylation sites (N-methyl/N-ethyl adjacent to an activating group) is 1. The number of benzene rings is 1. The van der Waals surface area contributed by atoms with Gasteiger partial charge in [-0.05, 0) is 73.6 Å². The van der Waals surface area contributed by atoms with Crippen molar-refractivity contribution in [1.82, 2.24) is 24.8 Å². The normalized spacial score (nSPS) is 19.1. The van der Waals surface area contributed by atoms with E-state index in [9.17, 15) is 9.59 Å². The van der Waals surface area contributed by atoms with Gasteiger partial charge >= 0.3 is 0 Å². The summed E-state index contributed by atoms with van der Waals surface area (Å²) in [5, 5.41) is 7.40. The van der Waals surface area contributed by atoms with Gasteiger partial charge in [0.05, 0.1) is 5.39 Å². The van der Waals surface area contributed by atoms with E-state index in [1.807, 2.05) is 24.6 Å². The fraction of sp³-hybridized carbons (Fsp3) is 0.590. The molecule has 0 bridgehead atoms. The van der Waals surface area contributed by atoms with Crippen molar-refractivity contribution in [3.8, 4) is 11.5 Å². The molecule has 1 saturated carbocycles. The maximum atomic E-state index is 14.1. The number of piperazine rings is 1. The van der Waals surface area contributed by atoms with Gasteiger partial charge in [-0.3, -0.25) is 14.2 Å². The third kappa shape index (κ3) is 8.05. The lowest BCUT2D eigenvalue weighted by Crippen LogP contribution is -2.44. The van der Waals surface area contributed by atoms with Crippen LogP contribution >= 0.6 is 0 Å². The number of amides is 1. The van der Waals surface area contributed by atoms with Gasteiger partial charge in [0, 0.05) is 73.4 Å². The Morgan fingerprint density at radius 3 is 2.08 bits per heavy atom. The van der Waals surface area contributed by atoms with E-state index < -0.39 is 8.07 Å². The number of rotatable bonds is 9. The SMILES string of the molecule is CC(C)C(=O)NC1CCC(n2c(=O)cc(C#C[Si](C(C)C)(C(C)C)C(C)C)c3cnc(Nc4ccc(N5CCN(C)CC5)cc4)nc32)CC1. The number of aromatic nitrogens is 3. The molecule has 0 spiro atoms. The van der Waals surface area contributed by atoms with E-state index >= 15 is 0 Å². The Kier molecular flexibility index (Phi) is 11.6. The van der Waals surface area contributed by atoms with E-state index in [2.05, 4.69) is 105 Å². The molecule has 0 radical (unpaired) electrons. The van der Waals surface area contributed by atoms with Crippen LogP contribution in [0.3, 0.4) is 0 Å². The first kappa shape index (κ1) is 36.6. The Hall–Kier alpha value is -3.68. The summed E-state index contributed by atoms with van der Waals surface area (Å²) in [7, 11) is 0.129. The minimum absolute atomic E-state index is 0.0229. The zero-order valence-corrected chi connectivity index (χ0v) is 32.1. The van der Waals surface area contributed by atoms with E-state index in [4.69, 9.17) is 9.97 Å². The van der Waals surface area contributed by atoms with Gasteiger partial charge in [-0.15, -0.1) is 5.54 Å². The number of hydrogen-bond acceptors (Lipinski definition) is 7. The Bertz CT molecular complexity index is 1700. The second-order valence-corrected chi connectivity index (χ2v) is 21.1. The largest absolute Gasteiger partial charge is 0.369 e. The molecule has 1 amide bonds. The summed E-state index contributed by atoms with van der Waals surface area (Å²) in [5.41, 5.74) is 8.59. The molecule has 2 aliphatic rings. The number of nitrogens with one attached hydrogen (secondary N) is 2. The minimum Gasteiger partial charge on any atom is -0.369 e. The number of pyridine rings is 1. The molecule has 3 heterocycles. The van der Waals surface area contributed by atoms with Crippen LogP contribution in [0.4, 0.5) is 17.3 Å². The molecule has 264 valence electrons. The van der Waals surface area contributed by atoms with E-state index in [1.165, 1.54) is 5.69 Å². The molecule has 2 aromatic heterocycles. The van der Waals surface area contributed by atoms with Gasteiger partial charge in [-0.25, -0.2) is 4.98 Å². The molecular formula is C39H57N7O2Si. The molecule has 2 fully saturated rings. The van der Waals surface area contributed by atoms with Gasteiger partial charge in [0.15, 0.2) is 0 Å². The lowest BCUT2D eigenvalue weighted by molar-refractivity contribution is -0.125. The van der Waals surface area contributed by atoms with Crippen molar-refractivity contribution in [2.75, 3.05) is 43.4 Å². The smallest absolute Gasteiger partial charge is 0.253 e. The molecule has 1 aliphatic heterocycles. The highest BCUT2D eigenvalue weighted by atomic mass is 28.3. The topological polar surface area (TPSA) is 95.4 Å². The highest BCUT2D eigenvalue weighted by molar-refractivity contribution is 6.90. The third-order valence-corrected chi connectivity index (χ3v) is 17.3. The van der Waals surface area contributed by atoms with Gasteiger partial charge in [-0.2, -0.15) is 4.98 Å². The maximum Gasteiger partial charge on any atom is 0.253 e. The highest BCUT2D eigenvalue weighted by Gasteiger charge is 2.41. The predicted molar refractivity (Wildman–Crippen MR) is 205 cm³/mol. The van der Waals surface area contributed by atoms with E-state index in [-0.39, 0.29) is 29.5 Å². The number of carbonyl (C=O) groups is 1. The van der Waals surface area contributed by atoms with Gasteiger partial charge in [0.2, 0.25) is 11.9 Å². The maximum absolute atomic E-state index is 14.1. The summed E-state index contributed by atoms with van der Waals surface area (Å²) in [6.45, 7) is 21.8. The summed E-state index contributed by atoms with van der Waals surface area (Å²) in [6, 6.07) is 10.2. The third-order valence-electron chi connectivity index (χ3n) is 11.0. The Labute approximate surface area is 294 Å². The standard InChI is InChI=1S/C39H57N7O2Si/c1-26(2)38(48)41-31-12-16-34(17-13-31)46-36(47)24-30(18-23-49(27(3)4,28(5)6)29(7)8)35-25-40-39(43-37(35)46)42-32-10-14-33(15-11-32)45-21-19-44(9)20-22-45/h10-11,14-15,24-29,31,34H,12-13,16-17,19-22H2,1-9H3,(H,41,48)(H,40,42,43). The first-order chi connectivity index (χ1) is 23.3. The fourth-order valence-corrected chi connectivity index (χ4v) is 13.3. The number of hydrogen-bond donors (Lipinski definition) is 2. The van der Waals surface area contributed by atoms with Gasteiger partial charge < -0.3 is 20.4 Å². The van der Waals surface area contributed by atoms with Crippen molar-refractivity contribution in [1.29, 1.82) is 0 Å². The summed E-state index contributed by atoms with van der Waals surface area (Å²) in [6.07, 6.45) is 5.04. The zero-order chi connectivity index (χ0) is 35.5. The molecule has 1 aliphatic carbocycles. The predicted octanol–water partition coefficient (Wildman–Crippen LogP) is 7.11. The van der Waals surface area contributed by atoms with Crippen LogP contribution in [0, 0.1) is 17.4 Å². The number of carbonyl (C=O) groups excluding carboxylic acids is 1. The van der Waals surface area contributed by atoms with E-state index in [0.29, 0.717) is 33.8 Å². The summed E-state index contributed by atoms with van der Waals surface area (Å²) in [5.74, 6) is 4.02. The lowest BCUT2D eigenvalue weighted by Gasteiger charge is -2.38. The Morgan fingerprint density at radius 1 is 0.898 bits per heavy atom. The van der Waals surface area contributed by atoms with Crippen LogP contribution in [0.1, 0.15) is 92.7 Å². The second kappa shape index (κ2) is 15.5. The first-order valence-electron chi connectivity index (χ1n) is 18.4. The number of fused-ring (bicyclic) bond motifs is 1. The van der Waals surface area contributed by atoms with Crippen LogP contribution in [-0.4, -0.2) is 72.7 Å². The molecule has 5 rings (SSSR count). The Balaban J connectivity index is 1.51. The zero-order valence-electron chi connectivity index (χ0n) is 31.1. The van der Waals surface area contributed by atoms with E-state index in [0.717, 1.165) is 62.9 Å². The second-order valence-electron chi connectivity index (χ2n) is 15.5. The summed E-state index contributed by atoms with van der Waals surface area (Å²) < 4.78 is 1.86. The monoisotopic (exact) mass is 683 g/mol. The first-order valence-corrected chi connectivity index (χ1v) is 20.6. The highest BCUT2D eigenvalue weighted by Crippen LogP contribution is 2.41. The molecule has 1 saturated heterocycles. The quantitative estimate of drug-likeness (QED) is 0.183. The summed E-state index contributed by atoms with van der Waals surface area (Å²) >= 11 is 0. The van der Waals surface area contributed by atoms with Crippen molar-refractivity contribution in [3.05, 3.63) is 52.4 Å². The molecule has 1 aromatic carbocycles. The van der Waals surface area contributed by atoms with Crippen molar-refractivity contribution in [2.45, 2.75) is 110 Å². The average molecular weight is 684 g/mol. The molecule has 3 aromatic rings. The van der Waals surface area contributed by atoms with Crippen LogP contribution in [0.2, 0.25) is 16.6 Å². The van der Waals surface area contributed by atoms with Crippen LogP contribution in [-0.2, 0) is 4.79 Å². The number of nitrogens with zero attached hydrogens (tertiary/aromatic N) is 5. The van der Waals surface area contributed by atoms with Crippen molar-refractivity contribution in [3.63, 3.8) is 0 Å². The van der Waals surface area contributed by atoms with Gasteiger partial charge in [-0.1, -0.05) is 61.3 Å². The van der Waals surface area contributed by atoms with Crippen LogP contribution in [0.15, 0.2) is 41.3 Å². The number of anilines is 3. The average Bonchev–Trinajstić information content (AvgIpc) is 3.05. The molecular weight excluding hydrogens is 627 g/mol. The lowest BCUT2D eigenvalue weighted by atomic mass is 9.90. The van der Waals surface area contributed by atoms with Crippen LogP contribution in [0.5, 0.6) is 0 Å². The summed E-state index contributed by atoms with van der Waals surface area (Å²) in [4.78, 5) is 41.0. The molecule has 0 atom stereocenters. The van der Waals surface area contributed by atoms with Crippen LogP contribution < -0.4 is 21.1 Å².